The Kier molecular flexibility index (Phi) is 7.03. The van der Waals surface area contributed by atoms with Gasteiger partial charge in [-0.05, 0) is 18.2 Å². The average molecular weight is 394 g/mol. The van der Waals surface area contributed by atoms with E-state index >= 15 is 0 Å². The highest BCUT2D eigenvalue weighted by atomic mass is 35.5. The van der Waals surface area contributed by atoms with Crippen LogP contribution in [0.25, 0.3) is 0 Å². The number of nitro groups is 2. The molecular weight excluding hydrogens is 378 g/mol. The number of amides is 1. The topological polar surface area (TPSA) is 139 Å². The zero-order valence-corrected chi connectivity index (χ0v) is 14.7. The number of anilines is 2. The molecule has 0 aromatic heterocycles. The van der Waals surface area contributed by atoms with Crippen LogP contribution in [0.5, 0.6) is 0 Å². The summed E-state index contributed by atoms with van der Waals surface area (Å²) in [5.74, 6) is -0.294. The summed E-state index contributed by atoms with van der Waals surface area (Å²) in [6, 6.07) is 9.64. The van der Waals surface area contributed by atoms with Gasteiger partial charge < -0.3 is 16.0 Å². The fraction of sp³-hybridized carbons (Fsp3) is 0.188. The molecule has 3 N–H and O–H groups in total. The Labute approximate surface area is 158 Å². The third-order valence-electron chi connectivity index (χ3n) is 3.43. The second-order valence-corrected chi connectivity index (χ2v) is 5.78. The van der Waals surface area contributed by atoms with Crippen molar-refractivity contribution in [1.29, 1.82) is 0 Å². The summed E-state index contributed by atoms with van der Waals surface area (Å²) in [5, 5.41) is 30.0. The van der Waals surface area contributed by atoms with Gasteiger partial charge in [-0.25, -0.2) is 0 Å². The Balaban J connectivity index is 1.70. The van der Waals surface area contributed by atoms with Crippen LogP contribution < -0.4 is 16.0 Å². The van der Waals surface area contributed by atoms with Gasteiger partial charge in [-0.1, -0.05) is 11.6 Å². The maximum absolute atomic E-state index is 11.8. The molecule has 10 nitrogen and oxygen atoms in total. The zero-order chi connectivity index (χ0) is 19.8. The summed E-state index contributed by atoms with van der Waals surface area (Å²) in [6.45, 7) is 0.940. The van der Waals surface area contributed by atoms with E-state index in [9.17, 15) is 25.0 Å². The molecule has 0 unspecified atom stereocenters. The number of nitrogens with zero attached hydrogens (tertiary/aromatic N) is 2. The van der Waals surface area contributed by atoms with Gasteiger partial charge in [0.05, 0.1) is 27.1 Å². The first kappa shape index (κ1) is 20.1. The van der Waals surface area contributed by atoms with Crippen molar-refractivity contribution in [2.75, 3.05) is 30.3 Å². The molecule has 0 aliphatic rings. The lowest BCUT2D eigenvalue weighted by Gasteiger charge is -2.09. The van der Waals surface area contributed by atoms with Crippen LogP contribution in [0.1, 0.15) is 0 Å². The van der Waals surface area contributed by atoms with Gasteiger partial charge >= 0.3 is 0 Å². The first-order valence-electron chi connectivity index (χ1n) is 7.79. The highest BCUT2D eigenvalue weighted by molar-refractivity contribution is 6.33. The van der Waals surface area contributed by atoms with Crippen molar-refractivity contribution in [2.24, 2.45) is 0 Å². The average Bonchev–Trinajstić information content (AvgIpc) is 2.62. The molecule has 1 amide bonds. The molecule has 2 aromatic carbocycles. The van der Waals surface area contributed by atoms with E-state index < -0.39 is 9.85 Å². The van der Waals surface area contributed by atoms with Crippen LogP contribution >= 0.6 is 11.6 Å². The van der Waals surface area contributed by atoms with Gasteiger partial charge in [0.2, 0.25) is 5.91 Å². The van der Waals surface area contributed by atoms with E-state index in [1.807, 2.05) is 0 Å². The number of carbonyl (C=O) groups is 1. The van der Waals surface area contributed by atoms with Crippen molar-refractivity contribution in [3.8, 4) is 0 Å². The fourth-order valence-electron chi connectivity index (χ4n) is 2.12. The lowest BCUT2D eigenvalue weighted by molar-refractivity contribution is -0.385. The van der Waals surface area contributed by atoms with E-state index in [1.165, 1.54) is 42.5 Å². The van der Waals surface area contributed by atoms with Crippen LogP contribution in [0.3, 0.4) is 0 Å². The van der Waals surface area contributed by atoms with Crippen LogP contribution in [0.4, 0.5) is 22.7 Å². The number of carbonyl (C=O) groups excluding carboxylic acids is 1. The Morgan fingerprint density at radius 2 is 1.59 bits per heavy atom. The minimum Gasteiger partial charge on any atom is -0.383 e. The molecule has 0 saturated carbocycles. The van der Waals surface area contributed by atoms with Gasteiger partial charge in [-0.15, -0.1) is 0 Å². The SMILES string of the molecule is O=C(CNCCNc1ccc([N+](=O)[O-])cc1Cl)Nc1ccc([N+](=O)[O-])cc1. The molecule has 142 valence electrons. The number of non-ortho nitro benzene ring substituents is 2. The second-order valence-electron chi connectivity index (χ2n) is 5.38. The third-order valence-corrected chi connectivity index (χ3v) is 3.74. The van der Waals surface area contributed by atoms with E-state index in [1.54, 1.807) is 0 Å². The first-order chi connectivity index (χ1) is 12.9. The van der Waals surface area contributed by atoms with E-state index in [0.29, 0.717) is 24.5 Å². The van der Waals surface area contributed by atoms with Gasteiger partial charge in [0, 0.05) is 43.0 Å². The standard InChI is InChI=1S/C16H16ClN5O5/c17-14-9-13(22(26)27)5-6-15(14)19-8-7-18-10-16(23)20-11-1-3-12(4-2-11)21(24)25/h1-6,9,18-19H,7-8,10H2,(H,20,23). The molecule has 0 radical (unpaired) electrons. The Morgan fingerprint density at radius 1 is 0.963 bits per heavy atom. The predicted molar refractivity (Wildman–Crippen MR) is 101 cm³/mol. The fourth-order valence-corrected chi connectivity index (χ4v) is 2.36. The molecular formula is C16H16ClN5O5. The van der Waals surface area contributed by atoms with Crippen LogP contribution in [0, 0.1) is 20.2 Å². The maximum Gasteiger partial charge on any atom is 0.271 e. The summed E-state index contributed by atoms with van der Waals surface area (Å²) >= 11 is 5.96. The molecule has 0 spiro atoms. The van der Waals surface area contributed by atoms with Crippen LogP contribution in [0.2, 0.25) is 5.02 Å². The number of halogens is 1. The van der Waals surface area contributed by atoms with Crippen molar-refractivity contribution < 1.29 is 14.6 Å². The number of benzene rings is 2. The van der Waals surface area contributed by atoms with Crippen LogP contribution in [0.15, 0.2) is 42.5 Å². The van der Waals surface area contributed by atoms with Crippen molar-refractivity contribution >= 4 is 40.3 Å². The second kappa shape index (κ2) is 9.46. The number of nitrogens with one attached hydrogen (secondary N) is 3. The molecule has 0 fully saturated rings. The third kappa shape index (κ3) is 6.20. The summed E-state index contributed by atoms with van der Waals surface area (Å²) in [7, 11) is 0. The molecule has 0 aliphatic heterocycles. The summed E-state index contributed by atoms with van der Waals surface area (Å²) in [6.07, 6.45) is 0. The quantitative estimate of drug-likeness (QED) is 0.338. The molecule has 0 saturated heterocycles. The Bertz CT molecular complexity index is 844. The number of rotatable bonds is 9. The van der Waals surface area contributed by atoms with Crippen molar-refractivity contribution in [3.63, 3.8) is 0 Å². The van der Waals surface area contributed by atoms with E-state index in [0.717, 1.165) is 0 Å². The largest absolute Gasteiger partial charge is 0.383 e. The van der Waals surface area contributed by atoms with E-state index in [2.05, 4.69) is 16.0 Å². The van der Waals surface area contributed by atoms with Gasteiger partial charge in [-0.3, -0.25) is 25.0 Å². The van der Waals surface area contributed by atoms with Crippen molar-refractivity contribution in [3.05, 3.63) is 67.7 Å². The summed E-state index contributed by atoms with van der Waals surface area (Å²) in [4.78, 5) is 32.0. The molecule has 0 aliphatic carbocycles. The smallest absolute Gasteiger partial charge is 0.271 e. The number of nitro benzene ring substituents is 2. The molecule has 0 bridgehead atoms. The van der Waals surface area contributed by atoms with E-state index in [4.69, 9.17) is 11.6 Å². The predicted octanol–water partition coefficient (Wildman–Crippen LogP) is 2.80. The number of hydrogen-bond acceptors (Lipinski definition) is 7. The molecule has 11 heteroatoms. The highest BCUT2D eigenvalue weighted by Crippen LogP contribution is 2.26. The van der Waals surface area contributed by atoms with Crippen molar-refractivity contribution in [2.45, 2.75) is 0 Å². The van der Waals surface area contributed by atoms with Crippen molar-refractivity contribution in [1.82, 2.24) is 5.32 Å². The van der Waals surface area contributed by atoms with Crippen LogP contribution in [-0.2, 0) is 4.79 Å². The minimum absolute atomic E-state index is 0.0483. The van der Waals surface area contributed by atoms with E-state index in [-0.39, 0.29) is 28.8 Å². The summed E-state index contributed by atoms with van der Waals surface area (Å²) < 4.78 is 0. The Hall–Kier alpha value is -3.24. The first-order valence-corrected chi connectivity index (χ1v) is 8.17. The highest BCUT2D eigenvalue weighted by Gasteiger charge is 2.09. The van der Waals surface area contributed by atoms with Gasteiger partial charge in [-0.2, -0.15) is 0 Å². The molecule has 2 aromatic rings. The molecule has 0 heterocycles. The normalized spacial score (nSPS) is 10.3. The summed E-state index contributed by atoms with van der Waals surface area (Å²) in [5.41, 5.74) is 0.872. The molecule has 0 atom stereocenters. The van der Waals surface area contributed by atoms with Crippen LogP contribution in [-0.4, -0.2) is 35.4 Å². The monoisotopic (exact) mass is 393 g/mol. The Morgan fingerprint density at radius 3 is 2.19 bits per heavy atom. The minimum atomic E-state index is -0.527. The van der Waals surface area contributed by atoms with Gasteiger partial charge in [0.1, 0.15) is 0 Å². The zero-order valence-electron chi connectivity index (χ0n) is 14.0. The molecule has 27 heavy (non-hydrogen) atoms. The lowest BCUT2D eigenvalue weighted by Crippen LogP contribution is -2.31. The lowest BCUT2D eigenvalue weighted by atomic mass is 10.3. The van der Waals surface area contributed by atoms with Gasteiger partial charge in [0.25, 0.3) is 11.4 Å². The number of hydrogen-bond donors (Lipinski definition) is 3. The van der Waals surface area contributed by atoms with Gasteiger partial charge in [0.15, 0.2) is 0 Å². The molecule has 2 rings (SSSR count). The maximum atomic E-state index is 11.8.